The summed E-state index contributed by atoms with van der Waals surface area (Å²) < 4.78 is 15.8. The third-order valence-corrected chi connectivity index (χ3v) is 3.12. The maximum absolute atomic E-state index is 10.2. The summed E-state index contributed by atoms with van der Waals surface area (Å²) in [5.74, 6) is 1.45. The van der Waals surface area contributed by atoms with E-state index in [1.54, 1.807) is 6.07 Å². The van der Waals surface area contributed by atoms with E-state index in [1.165, 1.54) is 20.3 Å². The van der Waals surface area contributed by atoms with Gasteiger partial charge in [0.25, 0.3) is 0 Å². The summed E-state index contributed by atoms with van der Waals surface area (Å²) in [6.07, 6.45) is 0. The molecule has 0 unspecified atom stereocenters. The lowest BCUT2D eigenvalue weighted by atomic mass is 10.1. The minimum atomic E-state index is 0.0168. The molecule has 2 aromatic carbocycles. The predicted octanol–water partition coefficient (Wildman–Crippen LogP) is 3.22. The van der Waals surface area contributed by atoms with Crippen molar-refractivity contribution in [2.45, 2.75) is 0 Å². The van der Waals surface area contributed by atoms with Crippen molar-refractivity contribution in [3.63, 3.8) is 0 Å². The van der Waals surface area contributed by atoms with Crippen LogP contribution in [0.3, 0.4) is 0 Å². The summed E-state index contributed by atoms with van der Waals surface area (Å²) in [6, 6.07) is 10.7. The van der Waals surface area contributed by atoms with Crippen LogP contribution in [0, 0.1) is 0 Å². The van der Waals surface area contributed by atoms with Crippen molar-refractivity contribution in [1.82, 2.24) is 5.16 Å². The van der Waals surface area contributed by atoms with Gasteiger partial charge in [0.2, 0.25) is 0 Å². The van der Waals surface area contributed by atoms with Gasteiger partial charge in [0.05, 0.1) is 14.2 Å². The molecule has 0 fully saturated rings. The molecule has 0 saturated heterocycles. The molecule has 102 valence electrons. The van der Waals surface area contributed by atoms with E-state index in [9.17, 15) is 5.11 Å². The molecule has 5 nitrogen and oxygen atoms in total. The molecule has 0 amide bonds. The highest BCUT2D eigenvalue weighted by Crippen LogP contribution is 2.43. The topological polar surface area (TPSA) is 64.7 Å². The second kappa shape index (κ2) is 4.77. The van der Waals surface area contributed by atoms with E-state index in [4.69, 9.17) is 14.0 Å². The first kappa shape index (κ1) is 12.3. The first-order valence-electron chi connectivity index (χ1n) is 6.04. The van der Waals surface area contributed by atoms with Crippen molar-refractivity contribution in [2.24, 2.45) is 0 Å². The standard InChI is InChI=1S/C15H13NO4/c1-18-9-7-12(17)14(13(8-9)19-2)15-10-5-3-4-6-11(10)16-20-15/h3-8,17H,1-2H3. The van der Waals surface area contributed by atoms with Crippen LogP contribution in [0.15, 0.2) is 40.9 Å². The SMILES string of the molecule is COc1cc(O)c(-c2onc3ccccc23)c(OC)c1. The number of phenols is 1. The molecule has 3 aromatic rings. The Morgan fingerprint density at radius 3 is 2.65 bits per heavy atom. The Morgan fingerprint density at radius 1 is 1.10 bits per heavy atom. The molecule has 20 heavy (non-hydrogen) atoms. The van der Waals surface area contributed by atoms with Gasteiger partial charge in [-0.15, -0.1) is 0 Å². The lowest BCUT2D eigenvalue weighted by Gasteiger charge is -2.10. The normalized spacial score (nSPS) is 10.7. The van der Waals surface area contributed by atoms with Crippen LogP contribution < -0.4 is 9.47 Å². The summed E-state index contributed by atoms with van der Waals surface area (Å²) in [5.41, 5.74) is 1.18. The van der Waals surface area contributed by atoms with Crippen LogP contribution in [0.4, 0.5) is 0 Å². The number of hydrogen-bond donors (Lipinski definition) is 1. The Bertz CT molecular complexity index is 764. The van der Waals surface area contributed by atoms with E-state index in [0.717, 1.165) is 10.9 Å². The monoisotopic (exact) mass is 271 g/mol. The van der Waals surface area contributed by atoms with Crippen molar-refractivity contribution in [3.8, 4) is 28.6 Å². The van der Waals surface area contributed by atoms with Gasteiger partial charge in [-0.2, -0.15) is 0 Å². The van der Waals surface area contributed by atoms with E-state index in [1.807, 2.05) is 24.3 Å². The molecule has 0 saturated carbocycles. The van der Waals surface area contributed by atoms with Crippen molar-refractivity contribution in [1.29, 1.82) is 0 Å². The third-order valence-electron chi connectivity index (χ3n) is 3.12. The summed E-state index contributed by atoms with van der Waals surface area (Å²) in [5, 5.41) is 15.0. The molecule has 1 heterocycles. The Kier molecular flexibility index (Phi) is 2.95. The first-order chi connectivity index (χ1) is 9.74. The highest BCUT2D eigenvalue weighted by Gasteiger charge is 2.20. The van der Waals surface area contributed by atoms with Crippen molar-refractivity contribution >= 4 is 10.9 Å². The maximum Gasteiger partial charge on any atom is 0.182 e. The largest absolute Gasteiger partial charge is 0.507 e. The van der Waals surface area contributed by atoms with Gasteiger partial charge in [0.15, 0.2) is 5.76 Å². The van der Waals surface area contributed by atoms with Gasteiger partial charge >= 0.3 is 0 Å². The van der Waals surface area contributed by atoms with E-state index in [-0.39, 0.29) is 5.75 Å². The van der Waals surface area contributed by atoms with Gasteiger partial charge in [-0.05, 0) is 12.1 Å². The average Bonchev–Trinajstić information content (AvgIpc) is 2.90. The van der Waals surface area contributed by atoms with Gasteiger partial charge < -0.3 is 19.1 Å². The molecule has 1 N–H and O–H groups in total. The second-order valence-electron chi connectivity index (χ2n) is 4.25. The number of fused-ring (bicyclic) bond motifs is 1. The fourth-order valence-electron chi connectivity index (χ4n) is 2.15. The van der Waals surface area contributed by atoms with Crippen LogP contribution in [0.5, 0.6) is 17.2 Å². The lowest BCUT2D eigenvalue weighted by Crippen LogP contribution is -1.91. The van der Waals surface area contributed by atoms with E-state index in [0.29, 0.717) is 22.8 Å². The summed E-state index contributed by atoms with van der Waals surface area (Å²) >= 11 is 0. The highest BCUT2D eigenvalue weighted by atomic mass is 16.5. The molecule has 3 rings (SSSR count). The molecular formula is C15H13NO4. The van der Waals surface area contributed by atoms with Crippen LogP contribution in [-0.2, 0) is 0 Å². The number of phenolic OH excluding ortho intramolecular Hbond substituents is 1. The minimum Gasteiger partial charge on any atom is -0.507 e. The number of ether oxygens (including phenoxy) is 2. The van der Waals surface area contributed by atoms with Crippen LogP contribution in [-0.4, -0.2) is 24.5 Å². The summed E-state index contributed by atoms with van der Waals surface area (Å²) in [4.78, 5) is 0. The third kappa shape index (κ3) is 1.84. The number of nitrogens with zero attached hydrogens (tertiary/aromatic N) is 1. The number of aromatic hydroxyl groups is 1. The quantitative estimate of drug-likeness (QED) is 0.792. The zero-order valence-electron chi connectivity index (χ0n) is 11.1. The lowest BCUT2D eigenvalue weighted by molar-refractivity contribution is 0.382. The number of rotatable bonds is 3. The van der Waals surface area contributed by atoms with E-state index < -0.39 is 0 Å². The first-order valence-corrected chi connectivity index (χ1v) is 6.04. The maximum atomic E-state index is 10.2. The fourth-order valence-corrected chi connectivity index (χ4v) is 2.15. The average molecular weight is 271 g/mol. The van der Waals surface area contributed by atoms with Gasteiger partial charge in [-0.25, -0.2) is 0 Å². The molecule has 0 aliphatic carbocycles. The number of hydrogen-bond acceptors (Lipinski definition) is 5. The van der Waals surface area contributed by atoms with E-state index >= 15 is 0 Å². The molecule has 0 spiro atoms. The fraction of sp³-hybridized carbons (Fsp3) is 0.133. The van der Waals surface area contributed by atoms with Gasteiger partial charge in [-0.1, -0.05) is 17.3 Å². The summed E-state index contributed by atoms with van der Waals surface area (Å²) in [6.45, 7) is 0. The molecule has 0 aliphatic heterocycles. The molecule has 1 aromatic heterocycles. The molecule has 5 heteroatoms. The molecule has 0 radical (unpaired) electrons. The second-order valence-corrected chi connectivity index (χ2v) is 4.25. The van der Waals surface area contributed by atoms with Gasteiger partial charge in [0.1, 0.15) is 28.3 Å². The smallest absolute Gasteiger partial charge is 0.182 e. The highest BCUT2D eigenvalue weighted by molar-refractivity contribution is 5.95. The Balaban J connectivity index is 2.28. The molecule has 0 bridgehead atoms. The molecule has 0 atom stereocenters. The predicted molar refractivity (Wildman–Crippen MR) is 74.2 cm³/mol. The zero-order valence-corrected chi connectivity index (χ0v) is 11.1. The van der Waals surface area contributed by atoms with Crippen molar-refractivity contribution in [3.05, 3.63) is 36.4 Å². The minimum absolute atomic E-state index is 0.0168. The number of methoxy groups -OCH3 is 2. The van der Waals surface area contributed by atoms with Crippen LogP contribution >= 0.6 is 0 Å². The number of aromatic nitrogens is 1. The molecular weight excluding hydrogens is 258 g/mol. The Labute approximate surface area is 115 Å². The van der Waals surface area contributed by atoms with Gasteiger partial charge in [0, 0.05) is 17.5 Å². The number of benzene rings is 2. The summed E-state index contributed by atoms with van der Waals surface area (Å²) in [7, 11) is 3.05. The van der Waals surface area contributed by atoms with Crippen LogP contribution in [0.2, 0.25) is 0 Å². The van der Waals surface area contributed by atoms with Gasteiger partial charge in [-0.3, -0.25) is 0 Å². The molecule has 0 aliphatic rings. The van der Waals surface area contributed by atoms with Crippen molar-refractivity contribution < 1.29 is 19.1 Å². The Morgan fingerprint density at radius 2 is 1.90 bits per heavy atom. The van der Waals surface area contributed by atoms with Crippen molar-refractivity contribution in [2.75, 3.05) is 14.2 Å². The van der Waals surface area contributed by atoms with Crippen LogP contribution in [0.25, 0.3) is 22.2 Å². The Hall–Kier alpha value is -2.69. The van der Waals surface area contributed by atoms with E-state index in [2.05, 4.69) is 5.16 Å². The zero-order chi connectivity index (χ0) is 14.1. The van der Waals surface area contributed by atoms with Crippen LogP contribution in [0.1, 0.15) is 0 Å².